The van der Waals surface area contributed by atoms with Gasteiger partial charge in [-0.1, -0.05) is 39.0 Å². The van der Waals surface area contributed by atoms with E-state index in [0.717, 1.165) is 29.7 Å². The summed E-state index contributed by atoms with van der Waals surface area (Å²) in [6.07, 6.45) is 1.78. The minimum absolute atomic E-state index is 0.0319. The van der Waals surface area contributed by atoms with Crippen LogP contribution in [0.15, 0.2) is 41.3 Å². The van der Waals surface area contributed by atoms with Crippen LogP contribution in [0.2, 0.25) is 0 Å². The Balaban J connectivity index is 1.96. The molecular weight excluding hydrogens is 412 g/mol. The SMILES string of the molecule is CCc1cccc(C)c1NC(=O)c1ccc(OC)c(S(=O)(=O)N2C[C@H](C)C[C@@H](C)C2)c1. The van der Waals surface area contributed by atoms with Crippen molar-refractivity contribution in [3.63, 3.8) is 0 Å². The van der Waals surface area contributed by atoms with Crippen LogP contribution >= 0.6 is 0 Å². The van der Waals surface area contributed by atoms with Gasteiger partial charge in [0.2, 0.25) is 10.0 Å². The highest BCUT2D eigenvalue weighted by atomic mass is 32.2. The summed E-state index contributed by atoms with van der Waals surface area (Å²) in [5.74, 6) is 0.463. The number of methoxy groups -OCH3 is 1. The zero-order valence-electron chi connectivity index (χ0n) is 18.9. The molecule has 7 heteroatoms. The minimum Gasteiger partial charge on any atom is -0.495 e. The van der Waals surface area contributed by atoms with Crippen molar-refractivity contribution in [1.82, 2.24) is 4.31 Å². The molecule has 2 atom stereocenters. The fourth-order valence-corrected chi connectivity index (χ4v) is 6.21. The fourth-order valence-electron chi connectivity index (χ4n) is 4.35. The van der Waals surface area contributed by atoms with Crippen LogP contribution in [0.1, 0.15) is 48.7 Å². The molecule has 3 rings (SSSR count). The number of benzene rings is 2. The maximum atomic E-state index is 13.5. The number of carbonyl (C=O) groups excluding carboxylic acids is 1. The van der Waals surface area contributed by atoms with Crippen molar-refractivity contribution in [3.8, 4) is 5.75 Å². The normalized spacial score (nSPS) is 19.8. The molecule has 1 N–H and O–H groups in total. The molecule has 1 aliphatic rings. The number of rotatable bonds is 6. The number of hydrogen-bond acceptors (Lipinski definition) is 4. The van der Waals surface area contributed by atoms with E-state index in [-0.39, 0.29) is 34.0 Å². The van der Waals surface area contributed by atoms with Crippen LogP contribution in [0.4, 0.5) is 5.69 Å². The number of ether oxygens (including phenoxy) is 1. The standard InChI is InChI=1S/C24H32N2O4S/c1-6-19-9-7-8-18(4)23(19)25-24(27)20-10-11-21(30-5)22(13-20)31(28,29)26-14-16(2)12-17(3)15-26/h7-11,13,16-17H,6,12,14-15H2,1-5H3,(H,25,27)/t16-,17-/m1/s1. The summed E-state index contributed by atoms with van der Waals surface area (Å²) in [6.45, 7) is 9.03. The summed E-state index contributed by atoms with van der Waals surface area (Å²) in [6, 6.07) is 10.5. The topological polar surface area (TPSA) is 75.7 Å². The average Bonchev–Trinajstić information content (AvgIpc) is 2.73. The van der Waals surface area contributed by atoms with Crippen molar-refractivity contribution in [1.29, 1.82) is 0 Å². The third-order valence-corrected chi connectivity index (χ3v) is 7.71. The van der Waals surface area contributed by atoms with Crippen molar-refractivity contribution < 1.29 is 17.9 Å². The largest absolute Gasteiger partial charge is 0.495 e. The summed E-state index contributed by atoms with van der Waals surface area (Å²) < 4.78 is 33.8. The number of para-hydroxylation sites is 1. The van der Waals surface area contributed by atoms with E-state index in [2.05, 4.69) is 19.2 Å². The maximum absolute atomic E-state index is 13.5. The summed E-state index contributed by atoms with van der Waals surface area (Å²) in [5.41, 5.74) is 3.05. The number of nitrogens with one attached hydrogen (secondary N) is 1. The lowest BCUT2D eigenvalue weighted by Gasteiger charge is -2.34. The summed E-state index contributed by atoms with van der Waals surface area (Å²) in [7, 11) is -2.35. The van der Waals surface area contributed by atoms with E-state index in [9.17, 15) is 13.2 Å². The summed E-state index contributed by atoms with van der Waals surface area (Å²) >= 11 is 0. The molecule has 1 heterocycles. The van der Waals surface area contributed by atoms with Crippen LogP contribution in [0.25, 0.3) is 0 Å². The zero-order chi connectivity index (χ0) is 22.8. The van der Waals surface area contributed by atoms with Gasteiger partial charge in [0, 0.05) is 24.3 Å². The van der Waals surface area contributed by atoms with Gasteiger partial charge in [-0.05, 0) is 60.9 Å². The first kappa shape index (κ1) is 23.3. The molecule has 1 saturated heterocycles. The van der Waals surface area contributed by atoms with E-state index < -0.39 is 10.0 Å². The Hall–Kier alpha value is -2.38. The predicted molar refractivity (Wildman–Crippen MR) is 123 cm³/mol. The Morgan fingerprint density at radius 2 is 1.84 bits per heavy atom. The van der Waals surface area contributed by atoms with Gasteiger partial charge in [0.15, 0.2) is 0 Å². The molecule has 0 spiro atoms. The van der Waals surface area contributed by atoms with Gasteiger partial charge in [-0.3, -0.25) is 4.79 Å². The molecule has 2 aromatic rings. The summed E-state index contributed by atoms with van der Waals surface area (Å²) in [4.78, 5) is 13.1. The first-order chi connectivity index (χ1) is 14.7. The van der Waals surface area contributed by atoms with Gasteiger partial charge in [0.1, 0.15) is 10.6 Å². The molecule has 168 valence electrons. The number of sulfonamides is 1. The van der Waals surface area contributed by atoms with Gasteiger partial charge in [-0.25, -0.2) is 8.42 Å². The molecule has 1 aliphatic heterocycles. The number of carbonyl (C=O) groups is 1. The Labute approximate surface area is 185 Å². The first-order valence-corrected chi connectivity index (χ1v) is 12.2. The van der Waals surface area contributed by atoms with E-state index in [0.29, 0.717) is 13.1 Å². The first-order valence-electron chi connectivity index (χ1n) is 10.7. The van der Waals surface area contributed by atoms with Gasteiger partial charge < -0.3 is 10.1 Å². The van der Waals surface area contributed by atoms with Gasteiger partial charge >= 0.3 is 0 Å². The monoisotopic (exact) mass is 444 g/mol. The van der Waals surface area contributed by atoms with Gasteiger partial charge in [-0.2, -0.15) is 4.31 Å². The van der Waals surface area contributed by atoms with Gasteiger partial charge in [0.05, 0.1) is 7.11 Å². The quantitative estimate of drug-likeness (QED) is 0.713. The van der Waals surface area contributed by atoms with Crippen LogP contribution in [0, 0.1) is 18.8 Å². The van der Waals surface area contributed by atoms with Crippen molar-refractivity contribution in [3.05, 3.63) is 53.1 Å². The number of anilines is 1. The highest BCUT2D eigenvalue weighted by molar-refractivity contribution is 7.89. The second-order valence-corrected chi connectivity index (χ2v) is 10.5. The molecule has 2 aromatic carbocycles. The van der Waals surface area contributed by atoms with Crippen LogP contribution in [-0.2, 0) is 16.4 Å². The third-order valence-electron chi connectivity index (χ3n) is 5.86. The van der Waals surface area contributed by atoms with Crippen LogP contribution in [0.3, 0.4) is 0 Å². The van der Waals surface area contributed by atoms with Crippen LogP contribution < -0.4 is 10.1 Å². The molecular formula is C24H32N2O4S. The van der Waals surface area contributed by atoms with E-state index in [1.54, 1.807) is 12.1 Å². The van der Waals surface area contributed by atoms with E-state index in [1.165, 1.54) is 17.5 Å². The van der Waals surface area contributed by atoms with Gasteiger partial charge in [-0.15, -0.1) is 0 Å². The average molecular weight is 445 g/mol. The third kappa shape index (κ3) is 4.93. The fraction of sp³-hybridized carbons (Fsp3) is 0.458. The molecule has 1 amide bonds. The lowest BCUT2D eigenvalue weighted by molar-refractivity contribution is 0.102. The Morgan fingerprint density at radius 3 is 2.45 bits per heavy atom. The smallest absolute Gasteiger partial charge is 0.255 e. The highest BCUT2D eigenvalue weighted by Gasteiger charge is 2.34. The van der Waals surface area contributed by atoms with E-state index in [4.69, 9.17) is 4.74 Å². The maximum Gasteiger partial charge on any atom is 0.255 e. The van der Waals surface area contributed by atoms with Crippen molar-refractivity contribution in [2.75, 3.05) is 25.5 Å². The second-order valence-electron chi connectivity index (χ2n) is 8.55. The minimum atomic E-state index is -3.79. The highest BCUT2D eigenvalue weighted by Crippen LogP contribution is 2.32. The number of aryl methyl sites for hydroxylation is 2. The molecule has 31 heavy (non-hydrogen) atoms. The Morgan fingerprint density at radius 1 is 1.16 bits per heavy atom. The molecule has 6 nitrogen and oxygen atoms in total. The van der Waals surface area contributed by atoms with Crippen molar-refractivity contribution in [2.24, 2.45) is 11.8 Å². The van der Waals surface area contributed by atoms with E-state index in [1.807, 2.05) is 32.0 Å². The molecule has 0 bridgehead atoms. The molecule has 0 unspecified atom stereocenters. The molecule has 0 aliphatic carbocycles. The van der Waals surface area contributed by atoms with E-state index >= 15 is 0 Å². The molecule has 0 aromatic heterocycles. The molecule has 0 saturated carbocycles. The molecule has 0 radical (unpaired) electrons. The van der Waals surface area contributed by atoms with Crippen LogP contribution in [-0.4, -0.2) is 38.8 Å². The Bertz CT molecular complexity index is 1060. The lowest BCUT2D eigenvalue weighted by atomic mass is 9.94. The van der Waals surface area contributed by atoms with Crippen molar-refractivity contribution >= 4 is 21.6 Å². The number of nitrogens with zero attached hydrogens (tertiary/aromatic N) is 1. The summed E-state index contributed by atoms with van der Waals surface area (Å²) in [5, 5.41) is 2.97. The number of hydrogen-bond donors (Lipinski definition) is 1. The molecule has 1 fully saturated rings. The number of amides is 1. The zero-order valence-corrected chi connectivity index (χ0v) is 19.8. The Kier molecular flexibility index (Phi) is 7.06. The number of piperidine rings is 1. The second kappa shape index (κ2) is 9.40. The van der Waals surface area contributed by atoms with Gasteiger partial charge in [0.25, 0.3) is 5.91 Å². The lowest BCUT2D eigenvalue weighted by Crippen LogP contribution is -2.42. The van der Waals surface area contributed by atoms with Crippen molar-refractivity contribution in [2.45, 2.75) is 45.4 Å². The van der Waals surface area contributed by atoms with Crippen LogP contribution in [0.5, 0.6) is 5.75 Å². The predicted octanol–water partition coefficient (Wildman–Crippen LogP) is 4.48.